The summed E-state index contributed by atoms with van der Waals surface area (Å²) >= 11 is 11.9. The topological polar surface area (TPSA) is 41.1 Å². The third-order valence-corrected chi connectivity index (χ3v) is 3.86. The van der Waals surface area contributed by atoms with E-state index in [1.54, 1.807) is 18.2 Å². The van der Waals surface area contributed by atoms with Crippen molar-refractivity contribution in [2.75, 3.05) is 11.9 Å². The number of hydrogen-bond donors (Lipinski definition) is 2. The molecule has 0 aliphatic carbocycles. The fraction of sp³-hybridized carbons (Fsp3) is 0.235. The molecule has 0 spiro atoms. The highest BCUT2D eigenvalue weighted by Crippen LogP contribution is 2.25. The van der Waals surface area contributed by atoms with Gasteiger partial charge in [0.2, 0.25) is 5.91 Å². The van der Waals surface area contributed by atoms with Crippen molar-refractivity contribution in [3.8, 4) is 0 Å². The van der Waals surface area contributed by atoms with E-state index in [1.165, 1.54) is 0 Å². The maximum Gasteiger partial charge on any atom is 0.239 e. The Bertz CT molecular complexity index is 632. The molecular formula is C17H18Cl2N2O. The van der Waals surface area contributed by atoms with Crippen molar-refractivity contribution < 1.29 is 4.79 Å². The highest BCUT2D eigenvalue weighted by Gasteiger charge is 2.12. The van der Waals surface area contributed by atoms with Crippen molar-refractivity contribution >= 4 is 34.8 Å². The van der Waals surface area contributed by atoms with Gasteiger partial charge in [0.25, 0.3) is 0 Å². The fourth-order valence-corrected chi connectivity index (χ4v) is 2.64. The molecule has 22 heavy (non-hydrogen) atoms. The van der Waals surface area contributed by atoms with Crippen molar-refractivity contribution in [3.05, 3.63) is 64.1 Å². The summed E-state index contributed by atoms with van der Waals surface area (Å²) in [5.74, 6) is -0.0817. The first kappa shape index (κ1) is 16.7. The zero-order valence-electron chi connectivity index (χ0n) is 12.3. The predicted molar refractivity (Wildman–Crippen MR) is 92.6 cm³/mol. The SMILES string of the molecule is CCC(NC(=O)CNc1ccc(Cl)cc1Cl)c1ccccc1. The first-order chi connectivity index (χ1) is 10.6. The van der Waals surface area contributed by atoms with Crippen LogP contribution in [0.15, 0.2) is 48.5 Å². The zero-order valence-corrected chi connectivity index (χ0v) is 13.8. The van der Waals surface area contributed by atoms with Gasteiger partial charge >= 0.3 is 0 Å². The van der Waals surface area contributed by atoms with Crippen molar-refractivity contribution in [2.45, 2.75) is 19.4 Å². The molecule has 0 bridgehead atoms. The molecule has 0 saturated carbocycles. The highest BCUT2D eigenvalue weighted by molar-refractivity contribution is 6.36. The number of halogens is 2. The van der Waals surface area contributed by atoms with Crippen LogP contribution in [-0.4, -0.2) is 12.5 Å². The molecule has 2 N–H and O–H groups in total. The lowest BCUT2D eigenvalue weighted by molar-refractivity contribution is -0.120. The van der Waals surface area contributed by atoms with E-state index in [2.05, 4.69) is 10.6 Å². The Morgan fingerprint density at radius 2 is 1.86 bits per heavy atom. The Kier molecular flexibility index (Phi) is 6.10. The van der Waals surface area contributed by atoms with E-state index in [9.17, 15) is 4.79 Å². The minimum Gasteiger partial charge on any atom is -0.375 e. The Hall–Kier alpha value is -1.71. The van der Waals surface area contributed by atoms with Crippen molar-refractivity contribution in [2.24, 2.45) is 0 Å². The third-order valence-electron chi connectivity index (χ3n) is 3.32. The average Bonchev–Trinajstić information content (AvgIpc) is 2.52. The van der Waals surface area contributed by atoms with E-state index in [4.69, 9.17) is 23.2 Å². The summed E-state index contributed by atoms with van der Waals surface area (Å²) in [5, 5.41) is 7.09. The Morgan fingerprint density at radius 3 is 2.50 bits per heavy atom. The van der Waals surface area contributed by atoms with Crippen LogP contribution >= 0.6 is 23.2 Å². The second-order valence-electron chi connectivity index (χ2n) is 4.92. The Balaban J connectivity index is 1.92. The van der Waals surface area contributed by atoms with Gasteiger partial charge < -0.3 is 10.6 Å². The monoisotopic (exact) mass is 336 g/mol. The van der Waals surface area contributed by atoms with Gasteiger partial charge in [0.1, 0.15) is 0 Å². The summed E-state index contributed by atoms with van der Waals surface area (Å²) in [5.41, 5.74) is 1.79. The minimum atomic E-state index is -0.0817. The largest absolute Gasteiger partial charge is 0.375 e. The standard InChI is InChI=1S/C17H18Cl2N2O/c1-2-15(12-6-4-3-5-7-12)21-17(22)11-20-16-9-8-13(18)10-14(16)19/h3-10,15,20H,2,11H2,1H3,(H,21,22). The summed E-state index contributed by atoms with van der Waals surface area (Å²) in [7, 11) is 0. The molecule has 0 aromatic heterocycles. The van der Waals surface area contributed by atoms with Crippen molar-refractivity contribution in [3.63, 3.8) is 0 Å². The van der Waals surface area contributed by atoms with E-state index in [0.717, 1.165) is 12.0 Å². The molecule has 0 radical (unpaired) electrons. The summed E-state index contributed by atoms with van der Waals surface area (Å²) in [6.07, 6.45) is 0.831. The number of amides is 1. The molecule has 0 aliphatic heterocycles. The Morgan fingerprint density at radius 1 is 1.14 bits per heavy atom. The number of carbonyl (C=O) groups excluding carboxylic acids is 1. The summed E-state index contributed by atoms with van der Waals surface area (Å²) in [6, 6.07) is 15.1. The lowest BCUT2D eigenvalue weighted by Crippen LogP contribution is -2.33. The van der Waals surface area contributed by atoms with Crippen LogP contribution in [0, 0.1) is 0 Å². The number of anilines is 1. The van der Waals surface area contributed by atoms with E-state index in [-0.39, 0.29) is 18.5 Å². The third kappa shape index (κ3) is 4.65. The fourth-order valence-electron chi connectivity index (χ4n) is 2.16. The molecule has 0 heterocycles. The maximum absolute atomic E-state index is 12.1. The van der Waals surface area contributed by atoms with E-state index in [1.807, 2.05) is 37.3 Å². The molecule has 0 saturated heterocycles. The number of hydrogen-bond acceptors (Lipinski definition) is 2. The van der Waals surface area contributed by atoms with E-state index < -0.39 is 0 Å². The smallest absolute Gasteiger partial charge is 0.239 e. The summed E-state index contributed by atoms with van der Waals surface area (Å²) in [4.78, 5) is 12.1. The second kappa shape index (κ2) is 8.06. The molecule has 3 nitrogen and oxygen atoms in total. The number of nitrogens with one attached hydrogen (secondary N) is 2. The van der Waals surface area contributed by atoms with Gasteiger partial charge in [-0.25, -0.2) is 0 Å². The van der Waals surface area contributed by atoms with Crippen molar-refractivity contribution in [1.29, 1.82) is 0 Å². The lowest BCUT2D eigenvalue weighted by Gasteiger charge is -2.18. The van der Waals surface area contributed by atoms with Gasteiger partial charge in [-0.3, -0.25) is 4.79 Å². The zero-order chi connectivity index (χ0) is 15.9. The van der Waals surface area contributed by atoms with Gasteiger partial charge in [-0.05, 0) is 30.2 Å². The van der Waals surface area contributed by atoms with Gasteiger partial charge in [-0.2, -0.15) is 0 Å². The van der Waals surface area contributed by atoms with Gasteiger partial charge in [0.05, 0.1) is 23.3 Å². The first-order valence-electron chi connectivity index (χ1n) is 7.13. The maximum atomic E-state index is 12.1. The van der Waals surface area contributed by atoms with Gasteiger partial charge in [-0.1, -0.05) is 60.5 Å². The molecule has 1 amide bonds. The summed E-state index contributed by atoms with van der Waals surface area (Å²) in [6.45, 7) is 2.20. The molecule has 1 unspecified atom stereocenters. The molecule has 0 fully saturated rings. The predicted octanol–water partition coefficient (Wildman–Crippen LogP) is 4.67. The molecule has 5 heteroatoms. The molecule has 0 aliphatic rings. The van der Waals surface area contributed by atoms with Gasteiger partial charge in [0, 0.05) is 5.02 Å². The van der Waals surface area contributed by atoms with Gasteiger partial charge in [0.15, 0.2) is 0 Å². The first-order valence-corrected chi connectivity index (χ1v) is 7.89. The Labute approximate surface area is 140 Å². The van der Waals surface area contributed by atoms with Crippen molar-refractivity contribution in [1.82, 2.24) is 5.32 Å². The number of rotatable bonds is 6. The molecule has 1 atom stereocenters. The van der Waals surface area contributed by atoms with Crippen LogP contribution in [-0.2, 0) is 4.79 Å². The quantitative estimate of drug-likeness (QED) is 0.804. The molecular weight excluding hydrogens is 319 g/mol. The lowest BCUT2D eigenvalue weighted by atomic mass is 10.0. The van der Waals surface area contributed by atoms with Crippen LogP contribution in [0.3, 0.4) is 0 Å². The molecule has 116 valence electrons. The van der Waals surface area contributed by atoms with E-state index >= 15 is 0 Å². The number of carbonyl (C=O) groups is 1. The molecule has 2 aromatic carbocycles. The van der Waals surface area contributed by atoms with Crippen LogP contribution in [0.2, 0.25) is 10.0 Å². The molecule has 2 aromatic rings. The second-order valence-corrected chi connectivity index (χ2v) is 5.76. The van der Waals surface area contributed by atoms with Crippen LogP contribution < -0.4 is 10.6 Å². The highest BCUT2D eigenvalue weighted by atomic mass is 35.5. The van der Waals surface area contributed by atoms with Crippen LogP contribution in [0.1, 0.15) is 24.9 Å². The van der Waals surface area contributed by atoms with Crippen LogP contribution in [0.4, 0.5) is 5.69 Å². The number of benzene rings is 2. The van der Waals surface area contributed by atoms with E-state index in [0.29, 0.717) is 15.7 Å². The summed E-state index contributed by atoms with van der Waals surface area (Å²) < 4.78 is 0. The molecule has 2 rings (SSSR count). The van der Waals surface area contributed by atoms with Gasteiger partial charge in [-0.15, -0.1) is 0 Å². The van der Waals surface area contributed by atoms with Crippen LogP contribution in [0.5, 0.6) is 0 Å². The average molecular weight is 337 g/mol. The normalized spacial score (nSPS) is 11.8. The van der Waals surface area contributed by atoms with Crippen LogP contribution in [0.25, 0.3) is 0 Å². The minimum absolute atomic E-state index is 0.0104.